The lowest BCUT2D eigenvalue weighted by atomic mass is 9.96. The third kappa shape index (κ3) is 2.12. The molecule has 4 heteroatoms. The molecule has 0 fully saturated rings. The minimum atomic E-state index is -2.13. The third-order valence-electron chi connectivity index (χ3n) is 2.90. The summed E-state index contributed by atoms with van der Waals surface area (Å²) in [5.74, 6) is -0.200. The molecule has 0 saturated heterocycles. The topological polar surface area (TPSA) is 35.5 Å². The Kier molecular flexibility index (Phi) is 3.05. The number of alkyl halides is 1. The molecule has 1 aromatic carbocycles. The summed E-state index contributed by atoms with van der Waals surface area (Å²) in [7, 11) is 0. The molecule has 0 amide bonds. The first-order chi connectivity index (χ1) is 8.05. The zero-order valence-corrected chi connectivity index (χ0v) is 9.96. The molecule has 0 spiro atoms. The highest BCUT2D eigenvalue weighted by Crippen LogP contribution is 2.33. The number of hydrogen-bond donors (Lipinski definition) is 0. The number of benzene rings is 1. The molecule has 1 aliphatic heterocycles. The van der Waals surface area contributed by atoms with Gasteiger partial charge in [-0.2, -0.15) is 0 Å². The molecule has 17 heavy (non-hydrogen) atoms. The number of fused-ring (bicyclic) bond motifs is 1. The number of carbonyl (C=O) groups is 1. The summed E-state index contributed by atoms with van der Waals surface area (Å²) in [5, 5.41) is 0. The Hall–Kier alpha value is -1.58. The lowest BCUT2D eigenvalue weighted by Crippen LogP contribution is -2.29. The Labute approximate surface area is 99.5 Å². The summed E-state index contributed by atoms with van der Waals surface area (Å²) in [4.78, 5) is 11.5. The van der Waals surface area contributed by atoms with Gasteiger partial charge < -0.3 is 9.47 Å². The predicted octanol–water partition coefficient (Wildman–Crippen LogP) is 2.37. The lowest BCUT2D eigenvalue weighted by molar-refractivity contribution is -0.156. The molecular formula is C13H15FO3. The molecule has 0 radical (unpaired) electrons. The van der Waals surface area contributed by atoms with Crippen LogP contribution in [-0.4, -0.2) is 19.2 Å². The quantitative estimate of drug-likeness (QED) is 0.758. The van der Waals surface area contributed by atoms with E-state index in [-0.39, 0.29) is 12.2 Å². The van der Waals surface area contributed by atoms with Gasteiger partial charge in [0.2, 0.25) is 5.67 Å². The van der Waals surface area contributed by atoms with E-state index >= 15 is 0 Å². The molecule has 1 atom stereocenters. The number of carbonyl (C=O) groups excluding carboxylic acids is 1. The van der Waals surface area contributed by atoms with Crippen molar-refractivity contribution >= 4 is 5.97 Å². The molecule has 0 aromatic heterocycles. The van der Waals surface area contributed by atoms with Crippen molar-refractivity contribution in [2.75, 3.05) is 13.2 Å². The fraction of sp³-hybridized carbons (Fsp3) is 0.462. The number of esters is 1. The Morgan fingerprint density at radius 2 is 2.35 bits per heavy atom. The van der Waals surface area contributed by atoms with Crippen LogP contribution in [0.4, 0.5) is 4.39 Å². The van der Waals surface area contributed by atoms with Crippen molar-refractivity contribution in [1.82, 2.24) is 0 Å². The van der Waals surface area contributed by atoms with Crippen molar-refractivity contribution in [3.05, 3.63) is 29.3 Å². The van der Waals surface area contributed by atoms with E-state index < -0.39 is 11.6 Å². The van der Waals surface area contributed by atoms with E-state index in [9.17, 15) is 9.18 Å². The van der Waals surface area contributed by atoms with Crippen LogP contribution in [0.3, 0.4) is 0 Å². The Morgan fingerprint density at radius 3 is 3.06 bits per heavy atom. The van der Waals surface area contributed by atoms with E-state index in [2.05, 4.69) is 0 Å². The van der Waals surface area contributed by atoms with Crippen LogP contribution in [0.2, 0.25) is 0 Å². The van der Waals surface area contributed by atoms with E-state index in [1.54, 1.807) is 25.1 Å². The van der Waals surface area contributed by atoms with Gasteiger partial charge in [-0.1, -0.05) is 12.1 Å². The zero-order chi connectivity index (χ0) is 12.5. The minimum absolute atomic E-state index is 0.166. The largest absolute Gasteiger partial charge is 0.493 e. The zero-order valence-electron chi connectivity index (χ0n) is 9.96. The molecular weight excluding hydrogens is 223 g/mol. The minimum Gasteiger partial charge on any atom is -0.493 e. The molecule has 0 saturated carbocycles. The molecule has 2 rings (SSSR count). The van der Waals surface area contributed by atoms with Gasteiger partial charge in [0.25, 0.3) is 0 Å². The first-order valence-corrected chi connectivity index (χ1v) is 5.68. The molecule has 0 N–H and O–H groups in total. The molecule has 1 unspecified atom stereocenters. The van der Waals surface area contributed by atoms with Gasteiger partial charge in [0.15, 0.2) is 0 Å². The highest BCUT2D eigenvalue weighted by molar-refractivity contribution is 5.81. The van der Waals surface area contributed by atoms with Gasteiger partial charge in [-0.25, -0.2) is 9.18 Å². The maximum Gasteiger partial charge on any atom is 0.348 e. The molecule has 1 heterocycles. The fourth-order valence-electron chi connectivity index (χ4n) is 1.84. The first-order valence-electron chi connectivity index (χ1n) is 5.68. The van der Waals surface area contributed by atoms with E-state index in [4.69, 9.17) is 9.47 Å². The third-order valence-corrected chi connectivity index (χ3v) is 2.90. The number of halogens is 1. The maximum atomic E-state index is 14.3. The summed E-state index contributed by atoms with van der Waals surface area (Å²) < 4.78 is 24.4. The molecule has 0 bridgehead atoms. The summed E-state index contributed by atoms with van der Waals surface area (Å²) in [5.41, 5.74) is -0.804. The van der Waals surface area contributed by atoms with Crippen LogP contribution >= 0.6 is 0 Å². The molecule has 1 aliphatic rings. The van der Waals surface area contributed by atoms with Gasteiger partial charge in [-0.3, -0.25) is 0 Å². The van der Waals surface area contributed by atoms with Gasteiger partial charge in [0, 0.05) is 12.0 Å². The van der Waals surface area contributed by atoms with Crippen molar-refractivity contribution in [3.63, 3.8) is 0 Å². The van der Waals surface area contributed by atoms with E-state index in [1.807, 2.05) is 0 Å². The number of ether oxygens (including phenoxy) is 2. The Bertz CT molecular complexity index is 440. The molecule has 0 aliphatic carbocycles. The second kappa shape index (κ2) is 4.35. The van der Waals surface area contributed by atoms with E-state index in [0.717, 1.165) is 12.0 Å². The highest BCUT2D eigenvalue weighted by Gasteiger charge is 2.37. The van der Waals surface area contributed by atoms with Gasteiger partial charge >= 0.3 is 5.97 Å². The summed E-state index contributed by atoms with van der Waals surface area (Å²) >= 11 is 0. The average Bonchev–Trinajstić information content (AvgIpc) is 2.76. The second-order valence-corrected chi connectivity index (χ2v) is 4.14. The second-order valence-electron chi connectivity index (χ2n) is 4.14. The number of rotatable bonds is 3. The van der Waals surface area contributed by atoms with Crippen LogP contribution in [0.25, 0.3) is 0 Å². The van der Waals surface area contributed by atoms with Crippen LogP contribution < -0.4 is 4.74 Å². The van der Waals surface area contributed by atoms with Gasteiger partial charge in [0.1, 0.15) is 5.75 Å². The SMILES string of the molecule is CCOC(=O)C(C)(F)c1ccc2c(c1)OCC2. The Balaban J connectivity index is 2.30. The monoisotopic (exact) mass is 238 g/mol. The summed E-state index contributed by atoms with van der Waals surface area (Å²) in [6.45, 7) is 3.64. The molecule has 92 valence electrons. The van der Waals surface area contributed by atoms with Crippen LogP contribution in [0.5, 0.6) is 5.75 Å². The maximum absolute atomic E-state index is 14.3. The van der Waals surface area contributed by atoms with E-state index in [0.29, 0.717) is 12.4 Å². The van der Waals surface area contributed by atoms with Crippen molar-refractivity contribution in [3.8, 4) is 5.75 Å². The smallest absolute Gasteiger partial charge is 0.348 e. The van der Waals surface area contributed by atoms with Crippen molar-refractivity contribution in [2.24, 2.45) is 0 Å². The standard InChI is InChI=1S/C13H15FO3/c1-3-16-12(15)13(2,14)10-5-4-9-6-7-17-11(9)8-10/h4-5,8H,3,6-7H2,1-2H3. The summed E-state index contributed by atoms with van der Waals surface area (Å²) in [6, 6.07) is 5.00. The average molecular weight is 238 g/mol. The van der Waals surface area contributed by atoms with Gasteiger partial charge in [0.05, 0.1) is 13.2 Å². The lowest BCUT2D eigenvalue weighted by Gasteiger charge is -2.19. The summed E-state index contributed by atoms with van der Waals surface area (Å²) in [6.07, 6.45) is 0.831. The van der Waals surface area contributed by atoms with Gasteiger partial charge in [-0.05, 0) is 25.5 Å². The van der Waals surface area contributed by atoms with Crippen molar-refractivity contribution in [1.29, 1.82) is 0 Å². The Morgan fingerprint density at radius 1 is 1.59 bits per heavy atom. The van der Waals surface area contributed by atoms with Crippen LogP contribution in [0.1, 0.15) is 25.0 Å². The highest BCUT2D eigenvalue weighted by atomic mass is 19.1. The number of hydrogen-bond acceptors (Lipinski definition) is 3. The van der Waals surface area contributed by atoms with Gasteiger partial charge in [-0.15, -0.1) is 0 Å². The van der Waals surface area contributed by atoms with Crippen molar-refractivity contribution in [2.45, 2.75) is 25.9 Å². The van der Waals surface area contributed by atoms with Crippen LogP contribution in [-0.2, 0) is 21.6 Å². The van der Waals surface area contributed by atoms with Crippen LogP contribution in [0.15, 0.2) is 18.2 Å². The van der Waals surface area contributed by atoms with Crippen LogP contribution in [0, 0.1) is 0 Å². The molecule has 1 aromatic rings. The van der Waals surface area contributed by atoms with Crippen molar-refractivity contribution < 1.29 is 18.7 Å². The van der Waals surface area contributed by atoms with E-state index in [1.165, 1.54) is 6.92 Å². The fourth-order valence-corrected chi connectivity index (χ4v) is 1.84. The predicted molar refractivity (Wildman–Crippen MR) is 60.7 cm³/mol. The normalized spacial score (nSPS) is 16.9. The molecule has 3 nitrogen and oxygen atoms in total. The first kappa shape index (κ1) is 11.9.